The average molecular weight is 731 g/mol. The number of hydrogen-bond acceptors (Lipinski definition) is 7. The molecule has 0 radical (unpaired) electrons. The highest BCUT2D eigenvalue weighted by molar-refractivity contribution is 9.09. The van der Waals surface area contributed by atoms with Crippen LogP contribution in [0.1, 0.15) is 76.9 Å². The third-order valence-corrected chi connectivity index (χ3v) is 11.0. The first kappa shape index (κ1) is 37.8. The van der Waals surface area contributed by atoms with Crippen LogP contribution in [0.3, 0.4) is 0 Å². The van der Waals surface area contributed by atoms with E-state index in [2.05, 4.69) is 36.0 Å². The van der Waals surface area contributed by atoms with Crippen LogP contribution in [0.4, 0.5) is 0 Å². The number of carbonyl (C=O) groups excluding carboxylic acids is 4. The van der Waals surface area contributed by atoms with Crippen molar-refractivity contribution in [3.05, 3.63) is 61.2 Å². The molecule has 0 aromatic heterocycles. The Kier molecular flexibility index (Phi) is 13.4. The van der Waals surface area contributed by atoms with Gasteiger partial charge in [0, 0.05) is 44.5 Å². The van der Waals surface area contributed by atoms with E-state index in [1.54, 1.807) is 33.9 Å². The zero-order valence-corrected chi connectivity index (χ0v) is 30.2. The van der Waals surface area contributed by atoms with Gasteiger partial charge in [0.2, 0.25) is 17.7 Å². The molecule has 0 saturated carbocycles. The van der Waals surface area contributed by atoms with Crippen LogP contribution in [-0.4, -0.2) is 105 Å². The van der Waals surface area contributed by atoms with Crippen molar-refractivity contribution in [2.75, 3.05) is 33.3 Å². The lowest BCUT2D eigenvalue weighted by atomic mass is 9.70. The van der Waals surface area contributed by atoms with E-state index in [1.165, 1.54) is 0 Å². The van der Waals surface area contributed by atoms with Crippen molar-refractivity contribution in [3.8, 4) is 0 Å². The molecule has 10 nitrogen and oxygen atoms in total. The van der Waals surface area contributed by atoms with Gasteiger partial charge < -0.3 is 29.3 Å². The highest BCUT2D eigenvalue weighted by atomic mass is 79.9. The number of unbranched alkanes of at least 4 members (excludes halogenated alkanes) is 3. The summed E-state index contributed by atoms with van der Waals surface area (Å²) in [6, 6.07) is 7.84. The number of aliphatic hydroxyl groups is 1. The lowest BCUT2D eigenvalue weighted by Gasteiger charge is -2.37. The minimum Gasteiger partial charge on any atom is -0.455 e. The average Bonchev–Trinajstić information content (AvgIpc) is 3.68. The van der Waals surface area contributed by atoms with Gasteiger partial charge in [-0.15, -0.1) is 13.2 Å². The van der Waals surface area contributed by atoms with Crippen molar-refractivity contribution in [2.45, 2.75) is 99.9 Å². The van der Waals surface area contributed by atoms with Gasteiger partial charge in [-0.2, -0.15) is 0 Å². The van der Waals surface area contributed by atoms with Gasteiger partial charge in [-0.25, -0.2) is 0 Å². The van der Waals surface area contributed by atoms with Gasteiger partial charge in [0.1, 0.15) is 17.7 Å². The molecule has 1 aromatic rings. The molecule has 48 heavy (non-hydrogen) atoms. The predicted octanol–water partition coefficient (Wildman–Crippen LogP) is 4.81. The lowest BCUT2D eigenvalue weighted by Crippen LogP contribution is -2.57. The fraction of sp³-hybridized carbons (Fsp3) is 0.622. The summed E-state index contributed by atoms with van der Waals surface area (Å²) in [5.74, 6) is -3.07. The highest BCUT2D eigenvalue weighted by Crippen LogP contribution is 2.60. The maximum atomic E-state index is 14.5. The second-order valence-electron chi connectivity index (χ2n) is 13.2. The molecule has 11 heteroatoms. The maximum absolute atomic E-state index is 14.5. The number of benzene rings is 1. The quantitative estimate of drug-likeness (QED) is 0.0941. The van der Waals surface area contributed by atoms with Gasteiger partial charge in [0.05, 0.1) is 24.0 Å². The Labute approximate surface area is 293 Å². The standard InChI is InChI=1S/C37H52BrN3O7/c1-6-9-14-21-40(20-8-3)35(45)33-37-24-27(38)32(48-37)29(30(37)34(44)41(33)22-15-16-23-42)36(46)47-31(26-17-12-11-13-18-26)25(4)39(5)28(43)19-10-7-2/h7-8,11-13,17-18,25,27,29-33,42H,2-3,6,9-10,14-16,19-24H2,1,4-5H3/t25-,27?,29-,30+,31+,32-,33-,37+/m0/s1. The van der Waals surface area contributed by atoms with Crippen LogP contribution in [0.15, 0.2) is 55.6 Å². The van der Waals surface area contributed by atoms with Crippen molar-refractivity contribution in [2.24, 2.45) is 11.8 Å². The number of ether oxygens (including phenoxy) is 2. The molecule has 1 aromatic carbocycles. The second kappa shape index (κ2) is 17.1. The summed E-state index contributed by atoms with van der Waals surface area (Å²) in [5.41, 5.74) is -0.495. The summed E-state index contributed by atoms with van der Waals surface area (Å²) in [4.78, 5) is 61.0. The van der Waals surface area contributed by atoms with Crippen molar-refractivity contribution >= 4 is 39.6 Å². The summed E-state index contributed by atoms with van der Waals surface area (Å²) in [7, 11) is 1.69. The van der Waals surface area contributed by atoms with Crippen molar-refractivity contribution < 1.29 is 33.8 Å². The fourth-order valence-electron chi connectivity index (χ4n) is 7.61. The van der Waals surface area contributed by atoms with E-state index in [0.29, 0.717) is 38.8 Å². The molecule has 1 spiro atoms. The minimum atomic E-state index is -1.22. The van der Waals surface area contributed by atoms with Gasteiger partial charge in [0.25, 0.3) is 0 Å². The van der Waals surface area contributed by atoms with E-state index in [-0.39, 0.29) is 42.1 Å². The highest BCUT2D eigenvalue weighted by Gasteiger charge is 2.77. The minimum absolute atomic E-state index is 0.0323. The molecule has 3 heterocycles. The van der Waals surface area contributed by atoms with Crippen LogP contribution in [0.5, 0.6) is 0 Å². The number of hydrogen-bond donors (Lipinski definition) is 1. The Balaban J connectivity index is 1.69. The molecule has 264 valence electrons. The molecular formula is C37H52BrN3O7. The largest absolute Gasteiger partial charge is 0.455 e. The van der Waals surface area contributed by atoms with Gasteiger partial charge in [-0.05, 0) is 44.6 Å². The molecule has 2 bridgehead atoms. The molecule has 3 fully saturated rings. The molecule has 3 amide bonds. The van der Waals surface area contributed by atoms with E-state index < -0.39 is 47.7 Å². The molecule has 8 atom stereocenters. The summed E-state index contributed by atoms with van der Waals surface area (Å²) in [6.45, 7) is 12.6. The molecule has 0 aliphatic carbocycles. The monoisotopic (exact) mass is 729 g/mol. The summed E-state index contributed by atoms with van der Waals surface area (Å²) < 4.78 is 13.0. The van der Waals surface area contributed by atoms with Crippen molar-refractivity contribution in [3.63, 3.8) is 0 Å². The van der Waals surface area contributed by atoms with Crippen LogP contribution in [-0.2, 0) is 28.7 Å². The zero-order chi connectivity index (χ0) is 35.0. The third-order valence-electron chi connectivity index (χ3n) is 10.2. The number of nitrogens with zero attached hydrogens (tertiary/aromatic N) is 3. The van der Waals surface area contributed by atoms with Crippen molar-refractivity contribution in [1.29, 1.82) is 0 Å². The van der Waals surface area contributed by atoms with Crippen LogP contribution >= 0.6 is 15.9 Å². The summed E-state index contributed by atoms with van der Waals surface area (Å²) in [6.07, 6.45) is 6.86. The van der Waals surface area contributed by atoms with Gasteiger partial charge in [-0.1, -0.05) is 78.2 Å². The number of alkyl halides is 1. The summed E-state index contributed by atoms with van der Waals surface area (Å²) >= 11 is 3.74. The molecule has 3 aliphatic rings. The molecule has 3 aliphatic heterocycles. The first-order valence-corrected chi connectivity index (χ1v) is 18.2. The number of rotatable bonds is 19. The van der Waals surface area contributed by atoms with Crippen LogP contribution in [0, 0.1) is 11.8 Å². The van der Waals surface area contributed by atoms with Crippen LogP contribution < -0.4 is 0 Å². The fourth-order valence-corrected chi connectivity index (χ4v) is 8.55. The molecular weight excluding hydrogens is 678 g/mol. The number of aliphatic hydroxyl groups excluding tert-OH is 1. The Hall–Kier alpha value is -3.02. The number of amides is 3. The number of carbonyl (C=O) groups is 4. The number of fused-ring (bicyclic) bond motifs is 1. The van der Waals surface area contributed by atoms with E-state index >= 15 is 0 Å². The Bertz CT molecular complexity index is 1310. The second-order valence-corrected chi connectivity index (χ2v) is 14.4. The molecule has 1 N–H and O–H groups in total. The summed E-state index contributed by atoms with van der Waals surface area (Å²) in [5, 5.41) is 9.50. The molecule has 4 rings (SSSR count). The smallest absolute Gasteiger partial charge is 0.313 e. The van der Waals surface area contributed by atoms with Crippen molar-refractivity contribution in [1.82, 2.24) is 14.7 Å². The van der Waals surface area contributed by atoms with Crippen LogP contribution in [0.25, 0.3) is 0 Å². The number of likely N-dealkylation sites (N-methyl/N-ethyl adjacent to an activating group) is 1. The normalized spacial score (nSPS) is 26.9. The number of esters is 1. The lowest BCUT2D eigenvalue weighted by molar-refractivity contribution is -0.164. The zero-order valence-electron chi connectivity index (χ0n) is 28.6. The maximum Gasteiger partial charge on any atom is 0.313 e. The van der Waals surface area contributed by atoms with E-state index in [0.717, 1.165) is 24.8 Å². The first-order chi connectivity index (χ1) is 23.1. The SMILES string of the molecule is C=CCCC(=O)N(C)[C@@H](C)[C@@H](OC(=O)[C@@H]1[C@H]2O[C@@]3(CC2Br)[C@H](C(=O)N(CC=C)CCCCC)N(CCCCO)C(=O)[C@@H]13)c1ccccc1. The number of halogens is 1. The van der Waals surface area contributed by atoms with E-state index in [9.17, 15) is 24.3 Å². The van der Waals surface area contributed by atoms with Gasteiger partial charge in [0.15, 0.2) is 0 Å². The Morgan fingerprint density at radius 3 is 2.54 bits per heavy atom. The molecule has 1 unspecified atom stereocenters. The van der Waals surface area contributed by atoms with Gasteiger partial charge in [-0.3, -0.25) is 19.2 Å². The number of likely N-dealkylation sites (tertiary alicyclic amines) is 1. The van der Waals surface area contributed by atoms with Gasteiger partial charge >= 0.3 is 5.97 Å². The predicted molar refractivity (Wildman–Crippen MR) is 187 cm³/mol. The Morgan fingerprint density at radius 1 is 1.17 bits per heavy atom. The Morgan fingerprint density at radius 2 is 1.90 bits per heavy atom. The first-order valence-electron chi connectivity index (χ1n) is 17.3. The number of allylic oxidation sites excluding steroid dienone is 1. The van der Waals surface area contributed by atoms with Crippen LogP contribution in [0.2, 0.25) is 0 Å². The molecule has 3 saturated heterocycles. The third kappa shape index (κ3) is 7.58. The van der Waals surface area contributed by atoms with E-state index in [1.807, 2.05) is 37.3 Å². The topological polar surface area (TPSA) is 117 Å². The van der Waals surface area contributed by atoms with E-state index in [4.69, 9.17) is 9.47 Å².